The molecular formula is C22H36N8O2. The van der Waals surface area contributed by atoms with Gasteiger partial charge in [0.25, 0.3) is 5.91 Å². The molecule has 176 valence electrons. The van der Waals surface area contributed by atoms with E-state index < -0.39 is 12.0 Å². The van der Waals surface area contributed by atoms with Gasteiger partial charge >= 0.3 is 0 Å². The number of carbonyl (C=O) groups is 1. The second kappa shape index (κ2) is 11.9. The lowest BCUT2D eigenvalue weighted by Crippen LogP contribution is -2.52. The maximum absolute atomic E-state index is 12.4. The number of amidine groups is 1. The molecule has 1 amide bonds. The van der Waals surface area contributed by atoms with Crippen LogP contribution in [0.15, 0.2) is 41.0 Å². The summed E-state index contributed by atoms with van der Waals surface area (Å²) >= 11 is 0. The van der Waals surface area contributed by atoms with Crippen LogP contribution >= 0.6 is 0 Å². The van der Waals surface area contributed by atoms with Crippen LogP contribution in [-0.2, 0) is 17.8 Å². The van der Waals surface area contributed by atoms with E-state index in [1.54, 1.807) is 0 Å². The fourth-order valence-corrected chi connectivity index (χ4v) is 4.02. The number of aliphatic hydroxyl groups is 1. The van der Waals surface area contributed by atoms with Crippen molar-refractivity contribution < 1.29 is 9.90 Å². The van der Waals surface area contributed by atoms with E-state index in [2.05, 4.69) is 49.1 Å². The summed E-state index contributed by atoms with van der Waals surface area (Å²) in [6.07, 6.45) is 1.71. The van der Waals surface area contributed by atoms with Gasteiger partial charge in [-0.05, 0) is 24.6 Å². The van der Waals surface area contributed by atoms with Crippen LogP contribution in [-0.4, -0.2) is 91.7 Å². The van der Waals surface area contributed by atoms with E-state index in [1.165, 1.54) is 17.2 Å². The topological polar surface area (TPSA) is 144 Å². The Kier molecular flexibility index (Phi) is 9.00. The molecule has 1 atom stereocenters. The van der Waals surface area contributed by atoms with Crippen molar-refractivity contribution in [3.63, 3.8) is 0 Å². The van der Waals surface area contributed by atoms with Gasteiger partial charge in [-0.25, -0.2) is 0 Å². The lowest BCUT2D eigenvalue weighted by atomic mass is 10.00. The normalized spacial score (nSPS) is 19.2. The Hall–Kier alpha value is -2.50. The number of aliphatic imine (C=N–C) groups is 1. The van der Waals surface area contributed by atoms with Crippen LogP contribution in [0.3, 0.4) is 0 Å². The van der Waals surface area contributed by atoms with Crippen LogP contribution in [0.25, 0.3) is 0 Å². The monoisotopic (exact) mass is 444 g/mol. The minimum absolute atomic E-state index is 0.108. The van der Waals surface area contributed by atoms with Crippen LogP contribution in [0.4, 0.5) is 0 Å². The van der Waals surface area contributed by atoms with Crippen molar-refractivity contribution >= 4 is 11.7 Å². The first-order valence-electron chi connectivity index (χ1n) is 11.1. The molecule has 2 aliphatic rings. The van der Waals surface area contributed by atoms with E-state index in [9.17, 15) is 9.90 Å². The first kappa shape index (κ1) is 24.1. The molecule has 2 heterocycles. The Labute approximate surface area is 189 Å². The van der Waals surface area contributed by atoms with Crippen LogP contribution in [0.1, 0.15) is 11.1 Å². The summed E-state index contributed by atoms with van der Waals surface area (Å²) in [5.41, 5.74) is 11.1. The molecule has 0 radical (unpaired) electrons. The van der Waals surface area contributed by atoms with Crippen molar-refractivity contribution in [3.05, 3.63) is 47.2 Å². The summed E-state index contributed by atoms with van der Waals surface area (Å²) < 4.78 is 0. The zero-order valence-corrected chi connectivity index (χ0v) is 18.8. The summed E-state index contributed by atoms with van der Waals surface area (Å²) in [7, 11) is 1.93. The predicted octanol–water partition coefficient (Wildman–Crippen LogP) is -1.87. The molecule has 8 N–H and O–H groups in total. The number of rotatable bonds is 11. The Morgan fingerprint density at radius 2 is 2.06 bits per heavy atom. The third-order valence-electron chi connectivity index (χ3n) is 5.82. The molecular weight excluding hydrogens is 408 g/mol. The van der Waals surface area contributed by atoms with Crippen LogP contribution in [0.5, 0.6) is 0 Å². The molecule has 0 aliphatic carbocycles. The van der Waals surface area contributed by atoms with Gasteiger partial charge in [-0.2, -0.15) is 0 Å². The third kappa shape index (κ3) is 7.01. The largest absolute Gasteiger partial charge is 0.390 e. The molecule has 3 rings (SSSR count). The number of benzene rings is 1. The standard InChI is InChI=1S/C22H36N8O2/c1-25-7-9-30-13-18(14-30)27-21(23)10-20(28-24)22(32)26-11-19(31)15-29-8-6-16-4-2-3-5-17(16)12-29/h2-5,10,18-19,25,28,31H,6-9,11-15,24H2,1H3,(H2,23,27)(H,26,32)/b20-10-/t19-/m0/s1. The van der Waals surface area contributed by atoms with Gasteiger partial charge in [0.2, 0.25) is 0 Å². The highest BCUT2D eigenvalue weighted by molar-refractivity contribution is 6.02. The Morgan fingerprint density at radius 3 is 2.78 bits per heavy atom. The fraction of sp³-hybridized carbons (Fsp3) is 0.545. The summed E-state index contributed by atoms with van der Waals surface area (Å²) in [6, 6.07) is 8.49. The lowest BCUT2D eigenvalue weighted by Gasteiger charge is -2.36. The van der Waals surface area contributed by atoms with E-state index >= 15 is 0 Å². The predicted molar refractivity (Wildman–Crippen MR) is 126 cm³/mol. The molecule has 0 bridgehead atoms. The molecule has 0 unspecified atom stereocenters. The van der Waals surface area contributed by atoms with Crippen molar-refractivity contribution in [2.45, 2.75) is 25.1 Å². The van der Waals surface area contributed by atoms with E-state index in [0.29, 0.717) is 6.54 Å². The maximum Gasteiger partial charge on any atom is 0.268 e. The Balaban J connectivity index is 1.42. The molecule has 2 aliphatic heterocycles. The van der Waals surface area contributed by atoms with E-state index in [0.717, 1.165) is 45.7 Å². The third-order valence-corrected chi connectivity index (χ3v) is 5.82. The first-order chi connectivity index (χ1) is 15.5. The van der Waals surface area contributed by atoms with Crippen LogP contribution in [0, 0.1) is 0 Å². The number of carbonyl (C=O) groups excluding carboxylic acids is 1. The second-order valence-electron chi connectivity index (χ2n) is 8.39. The van der Waals surface area contributed by atoms with Gasteiger partial charge < -0.3 is 26.9 Å². The number of likely N-dealkylation sites (tertiary alicyclic amines) is 1. The average molecular weight is 445 g/mol. The number of fused-ring (bicyclic) bond motifs is 1. The molecule has 0 spiro atoms. The molecule has 32 heavy (non-hydrogen) atoms. The zero-order valence-electron chi connectivity index (χ0n) is 18.8. The van der Waals surface area contributed by atoms with E-state index in [1.807, 2.05) is 13.1 Å². The molecule has 1 fully saturated rings. The van der Waals surface area contributed by atoms with E-state index in [4.69, 9.17) is 11.6 Å². The minimum Gasteiger partial charge on any atom is -0.390 e. The number of likely N-dealkylation sites (N-methyl/N-ethyl adjacent to an activating group) is 1. The number of nitrogens with zero attached hydrogens (tertiary/aromatic N) is 3. The minimum atomic E-state index is -0.687. The zero-order chi connectivity index (χ0) is 22.9. The first-order valence-corrected chi connectivity index (χ1v) is 11.1. The number of aliphatic hydroxyl groups excluding tert-OH is 1. The van der Waals surface area contributed by atoms with Crippen molar-refractivity contribution in [2.75, 3.05) is 52.9 Å². The Morgan fingerprint density at radius 1 is 1.31 bits per heavy atom. The number of amides is 1. The SMILES string of the molecule is CNCCN1CC(N=C(N)/C=C(\NN)C(=O)NC[C@H](O)CN2CCc3ccccc3C2)C1. The van der Waals surface area contributed by atoms with Gasteiger partial charge in [-0.15, -0.1) is 0 Å². The quantitative estimate of drug-likeness (QED) is 0.0766. The molecule has 1 aromatic carbocycles. The van der Waals surface area contributed by atoms with Gasteiger partial charge in [0.05, 0.1) is 12.1 Å². The van der Waals surface area contributed by atoms with Gasteiger partial charge in [0.1, 0.15) is 11.5 Å². The molecule has 0 saturated carbocycles. The van der Waals surface area contributed by atoms with Crippen molar-refractivity contribution in [3.8, 4) is 0 Å². The number of nitrogens with two attached hydrogens (primary N) is 2. The van der Waals surface area contributed by atoms with E-state index in [-0.39, 0.29) is 24.1 Å². The maximum atomic E-state index is 12.4. The van der Waals surface area contributed by atoms with Crippen molar-refractivity contribution in [2.24, 2.45) is 16.6 Å². The molecule has 1 saturated heterocycles. The number of nitrogens with one attached hydrogen (secondary N) is 3. The number of hydrogen-bond acceptors (Lipinski definition) is 8. The Bertz CT molecular complexity index is 822. The highest BCUT2D eigenvalue weighted by Crippen LogP contribution is 2.18. The van der Waals surface area contributed by atoms with Gasteiger partial charge in [-0.1, -0.05) is 24.3 Å². The van der Waals surface area contributed by atoms with Crippen LogP contribution in [0.2, 0.25) is 0 Å². The summed E-state index contributed by atoms with van der Waals surface area (Å²) in [6.45, 7) is 5.90. The van der Waals surface area contributed by atoms with Gasteiger partial charge in [-0.3, -0.25) is 25.4 Å². The summed E-state index contributed by atoms with van der Waals surface area (Å²) in [5.74, 6) is 5.32. The van der Waals surface area contributed by atoms with Gasteiger partial charge in [0.15, 0.2) is 0 Å². The fourth-order valence-electron chi connectivity index (χ4n) is 4.02. The van der Waals surface area contributed by atoms with Crippen molar-refractivity contribution in [1.82, 2.24) is 25.9 Å². The second-order valence-corrected chi connectivity index (χ2v) is 8.39. The number of hydrazine groups is 1. The number of hydrogen-bond donors (Lipinski definition) is 6. The molecule has 10 heteroatoms. The van der Waals surface area contributed by atoms with Gasteiger partial charge in [0, 0.05) is 58.4 Å². The molecule has 1 aromatic rings. The smallest absolute Gasteiger partial charge is 0.268 e. The summed E-state index contributed by atoms with van der Waals surface area (Å²) in [5, 5.41) is 16.2. The highest BCUT2D eigenvalue weighted by atomic mass is 16.3. The number of β-amino-alcohol motifs (C(OH)–C–C–N with tert-alkyl or cyclic N) is 1. The molecule has 10 nitrogen and oxygen atoms in total. The highest BCUT2D eigenvalue weighted by Gasteiger charge is 2.25. The lowest BCUT2D eigenvalue weighted by molar-refractivity contribution is -0.118. The molecule has 0 aromatic heterocycles. The average Bonchev–Trinajstić information content (AvgIpc) is 2.77. The van der Waals surface area contributed by atoms with Crippen molar-refractivity contribution in [1.29, 1.82) is 0 Å². The van der Waals surface area contributed by atoms with Crippen LogP contribution < -0.4 is 27.6 Å². The summed E-state index contributed by atoms with van der Waals surface area (Å²) in [4.78, 5) is 21.3.